The van der Waals surface area contributed by atoms with Gasteiger partial charge in [0, 0.05) is 25.4 Å². The Hall–Kier alpha value is -1.99. The molecule has 0 bridgehead atoms. The number of aliphatic hydroxyl groups excluding tert-OH is 1. The van der Waals surface area contributed by atoms with E-state index in [4.69, 9.17) is 14.2 Å². The number of benzene rings is 1. The van der Waals surface area contributed by atoms with Crippen molar-refractivity contribution in [1.82, 2.24) is 0 Å². The molecule has 5 nitrogen and oxygen atoms in total. The molecule has 5 atom stereocenters. The lowest BCUT2D eigenvalue weighted by molar-refractivity contribution is -0.147. The number of alkyl halides is 2. The van der Waals surface area contributed by atoms with E-state index in [0.717, 1.165) is 31.8 Å². The molecule has 0 amide bonds. The first-order valence-corrected chi connectivity index (χ1v) is 12.0. The van der Waals surface area contributed by atoms with Gasteiger partial charge in [0.2, 0.25) is 0 Å². The van der Waals surface area contributed by atoms with Crippen LogP contribution in [0, 0.1) is 17.8 Å². The van der Waals surface area contributed by atoms with Crippen molar-refractivity contribution >= 4 is 5.97 Å². The Labute approximate surface area is 195 Å². The normalized spacial score (nSPS) is 28.0. The fourth-order valence-electron chi connectivity index (χ4n) is 4.80. The molecule has 0 unspecified atom stereocenters. The molecule has 3 rings (SSSR count). The molecule has 1 aromatic rings. The third-order valence-corrected chi connectivity index (χ3v) is 6.44. The molecule has 1 heterocycles. The highest BCUT2D eigenvalue weighted by Gasteiger charge is 2.44. The summed E-state index contributed by atoms with van der Waals surface area (Å²) in [7, 11) is 0. The van der Waals surface area contributed by atoms with Crippen molar-refractivity contribution in [2.75, 3.05) is 13.2 Å². The Kier molecular flexibility index (Phi) is 9.27. The minimum atomic E-state index is -3.13. The van der Waals surface area contributed by atoms with Crippen molar-refractivity contribution in [1.29, 1.82) is 0 Å². The van der Waals surface area contributed by atoms with Gasteiger partial charge in [-0.1, -0.05) is 24.3 Å². The van der Waals surface area contributed by atoms with Crippen molar-refractivity contribution < 1.29 is 32.9 Å². The summed E-state index contributed by atoms with van der Waals surface area (Å²) in [6.45, 7) is 3.50. The van der Waals surface area contributed by atoms with Gasteiger partial charge in [0.05, 0.1) is 18.3 Å². The lowest BCUT2D eigenvalue weighted by atomic mass is 9.86. The minimum absolute atomic E-state index is 0.0120. The van der Waals surface area contributed by atoms with Crippen molar-refractivity contribution in [3.63, 3.8) is 0 Å². The van der Waals surface area contributed by atoms with E-state index in [2.05, 4.69) is 0 Å². The third-order valence-electron chi connectivity index (χ3n) is 6.44. The molecule has 7 heteroatoms. The van der Waals surface area contributed by atoms with Crippen LogP contribution in [0.1, 0.15) is 52.4 Å². The zero-order chi connectivity index (χ0) is 23.8. The number of carbonyl (C=O) groups excluding carboxylic acids is 1. The third kappa shape index (κ3) is 8.07. The molecule has 1 saturated carbocycles. The number of ether oxygens (including phenoxy) is 3. The SMILES string of the molecule is CC(C)OC(=O)CCC[C@H]1CC[C@@H]2[C@@H](/C=C/C(F)(F)COc3ccccc3)[C@H](O)C[C@@H]2OC1. The van der Waals surface area contributed by atoms with Gasteiger partial charge < -0.3 is 19.3 Å². The lowest BCUT2D eigenvalue weighted by Crippen LogP contribution is -2.25. The van der Waals surface area contributed by atoms with Gasteiger partial charge in [-0.25, -0.2) is 0 Å². The maximum absolute atomic E-state index is 14.4. The second-order valence-electron chi connectivity index (χ2n) is 9.51. The fraction of sp³-hybridized carbons (Fsp3) is 0.654. The Morgan fingerprint density at radius 1 is 1.27 bits per heavy atom. The van der Waals surface area contributed by atoms with Crippen LogP contribution in [0.2, 0.25) is 0 Å². The Morgan fingerprint density at radius 3 is 2.76 bits per heavy atom. The van der Waals surface area contributed by atoms with Gasteiger partial charge in [-0.15, -0.1) is 0 Å². The van der Waals surface area contributed by atoms with Crippen LogP contribution in [0.5, 0.6) is 5.75 Å². The molecule has 1 aromatic carbocycles. The fourth-order valence-corrected chi connectivity index (χ4v) is 4.80. The molecule has 0 spiro atoms. The van der Waals surface area contributed by atoms with Crippen LogP contribution in [0.3, 0.4) is 0 Å². The molecule has 1 N–H and O–H groups in total. The average Bonchev–Trinajstić information content (AvgIpc) is 2.93. The summed E-state index contributed by atoms with van der Waals surface area (Å²) >= 11 is 0. The van der Waals surface area contributed by atoms with Crippen LogP contribution in [0.15, 0.2) is 42.5 Å². The van der Waals surface area contributed by atoms with Gasteiger partial charge in [-0.2, -0.15) is 8.78 Å². The van der Waals surface area contributed by atoms with Crippen LogP contribution in [-0.2, 0) is 14.3 Å². The zero-order valence-electron chi connectivity index (χ0n) is 19.5. The van der Waals surface area contributed by atoms with Gasteiger partial charge >= 0.3 is 5.97 Å². The number of fused-ring (bicyclic) bond motifs is 1. The number of rotatable bonds is 10. The van der Waals surface area contributed by atoms with Gasteiger partial charge in [-0.3, -0.25) is 4.79 Å². The standard InChI is InChI=1S/C26H36F2O5/c1-18(2)33-25(30)10-6-7-19-11-12-22-21(23(29)15-24(22)31-16-19)13-14-26(27,28)17-32-20-8-4-3-5-9-20/h3-5,8-9,13-14,18-19,21-24,29H,6-7,10-12,15-17H2,1-2H3/b14-13+/t19-,21+,22+,23+,24-/m0/s1. The Bertz CT molecular complexity index is 767. The van der Waals surface area contributed by atoms with E-state index < -0.39 is 18.6 Å². The molecular formula is C26H36F2O5. The van der Waals surface area contributed by atoms with E-state index in [9.17, 15) is 18.7 Å². The quantitative estimate of drug-likeness (QED) is 0.381. The maximum Gasteiger partial charge on any atom is 0.306 e. The summed E-state index contributed by atoms with van der Waals surface area (Å²) in [6, 6.07) is 8.53. The zero-order valence-corrected chi connectivity index (χ0v) is 19.5. The van der Waals surface area contributed by atoms with Crippen molar-refractivity contribution in [2.45, 2.75) is 76.6 Å². The first-order valence-electron chi connectivity index (χ1n) is 12.0. The summed E-state index contributed by atoms with van der Waals surface area (Å²) in [5.41, 5.74) is 0. The smallest absolute Gasteiger partial charge is 0.306 e. The molecule has 2 aliphatic rings. The highest BCUT2D eigenvalue weighted by atomic mass is 19.3. The lowest BCUT2D eigenvalue weighted by Gasteiger charge is -2.21. The topological polar surface area (TPSA) is 65.0 Å². The molecule has 1 aliphatic heterocycles. The number of hydrogen-bond acceptors (Lipinski definition) is 5. The van der Waals surface area contributed by atoms with E-state index >= 15 is 0 Å². The van der Waals surface area contributed by atoms with E-state index in [0.29, 0.717) is 31.1 Å². The molecule has 1 aliphatic carbocycles. The minimum Gasteiger partial charge on any atom is -0.487 e. The average molecular weight is 467 g/mol. The molecule has 2 fully saturated rings. The van der Waals surface area contributed by atoms with Crippen LogP contribution in [-0.4, -0.2) is 48.5 Å². The van der Waals surface area contributed by atoms with Gasteiger partial charge in [0.15, 0.2) is 6.61 Å². The second-order valence-corrected chi connectivity index (χ2v) is 9.51. The maximum atomic E-state index is 14.4. The number of carbonyl (C=O) groups is 1. The van der Waals surface area contributed by atoms with Crippen LogP contribution in [0.25, 0.3) is 0 Å². The molecule has 184 valence electrons. The summed E-state index contributed by atoms with van der Waals surface area (Å²) < 4.78 is 45.2. The second kappa shape index (κ2) is 11.9. The molecular weight excluding hydrogens is 430 g/mol. The van der Waals surface area contributed by atoms with E-state index in [1.165, 1.54) is 6.08 Å². The number of halogens is 2. The van der Waals surface area contributed by atoms with Gasteiger partial charge in [0.1, 0.15) is 5.75 Å². The number of para-hydroxylation sites is 1. The summed E-state index contributed by atoms with van der Waals surface area (Å²) in [5, 5.41) is 10.5. The highest BCUT2D eigenvalue weighted by molar-refractivity contribution is 5.69. The van der Waals surface area contributed by atoms with Crippen molar-refractivity contribution in [3.8, 4) is 5.75 Å². The molecule has 1 saturated heterocycles. The first kappa shape index (κ1) is 25.6. The largest absolute Gasteiger partial charge is 0.487 e. The van der Waals surface area contributed by atoms with Gasteiger partial charge in [-0.05, 0) is 69.6 Å². The predicted molar refractivity (Wildman–Crippen MR) is 121 cm³/mol. The van der Waals surface area contributed by atoms with Gasteiger partial charge in [0.25, 0.3) is 5.92 Å². The molecule has 0 radical (unpaired) electrons. The molecule has 0 aromatic heterocycles. The van der Waals surface area contributed by atoms with Crippen molar-refractivity contribution in [2.24, 2.45) is 17.8 Å². The van der Waals surface area contributed by atoms with E-state index in [-0.39, 0.29) is 30.0 Å². The Balaban J connectivity index is 1.49. The van der Waals surface area contributed by atoms with Crippen LogP contribution in [0.4, 0.5) is 8.78 Å². The number of hydrogen-bond donors (Lipinski definition) is 1. The number of esters is 1. The van der Waals surface area contributed by atoms with E-state index in [1.54, 1.807) is 30.3 Å². The monoisotopic (exact) mass is 466 g/mol. The molecule has 33 heavy (non-hydrogen) atoms. The number of aliphatic hydroxyl groups is 1. The summed E-state index contributed by atoms with van der Waals surface area (Å²) in [5.74, 6) is -2.94. The van der Waals surface area contributed by atoms with Crippen LogP contribution >= 0.6 is 0 Å². The summed E-state index contributed by atoms with van der Waals surface area (Å²) in [4.78, 5) is 11.7. The Morgan fingerprint density at radius 2 is 2.03 bits per heavy atom. The first-order chi connectivity index (χ1) is 15.7. The highest BCUT2D eigenvalue weighted by Crippen LogP contribution is 2.42. The van der Waals surface area contributed by atoms with E-state index in [1.807, 2.05) is 13.8 Å². The predicted octanol–water partition coefficient (Wildman–Crippen LogP) is 5.17. The van der Waals surface area contributed by atoms with Crippen LogP contribution < -0.4 is 4.74 Å². The summed E-state index contributed by atoms with van der Waals surface area (Å²) in [6.07, 6.45) is 5.57. The van der Waals surface area contributed by atoms with Crippen molar-refractivity contribution in [3.05, 3.63) is 42.5 Å².